The average Bonchev–Trinajstić information content (AvgIpc) is 2.99. The molecular formula is C15H18ClN5O. The summed E-state index contributed by atoms with van der Waals surface area (Å²) in [5.74, 6) is 1.60. The van der Waals surface area contributed by atoms with Crippen LogP contribution in [-0.2, 0) is 6.54 Å². The molecule has 0 unspecified atom stereocenters. The minimum Gasteiger partial charge on any atom is -0.357 e. The predicted molar refractivity (Wildman–Crippen MR) is 87.8 cm³/mol. The number of nitrogens with one attached hydrogen (secondary N) is 2. The van der Waals surface area contributed by atoms with Gasteiger partial charge in [-0.3, -0.25) is 0 Å². The van der Waals surface area contributed by atoms with E-state index in [9.17, 15) is 0 Å². The highest BCUT2D eigenvalue weighted by Crippen LogP contribution is 2.19. The van der Waals surface area contributed by atoms with Crippen LogP contribution < -0.4 is 10.6 Å². The van der Waals surface area contributed by atoms with E-state index in [0.29, 0.717) is 35.8 Å². The predicted octanol–water partition coefficient (Wildman–Crippen LogP) is 2.63. The molecule has 0 spiro atoms. The molecule has 1 aromatic carbocycles. The van der Waals surface area contributed by atoms with Gasteiger partial charge in [0.25, 0.3) is 0 Å². The maximum absolute atomic E-state index is 5.95. The lowest BCUT2D eigenvalue weighted by atomic mass is 10.2. The van der Waals surface area contributed by atoms with Crippen molar-refractivity contribution in [1.29, 1.82) is 0 Å². The van der Waals surface area contributed by atoms with Crippen molar-refractivity contribution in [2.24, 2.45) is 4.99 Å². The zero-order valence-corrected chi connectivity index (χ0v) is 13.1. The summed E-state index contributed by atoms with van der Waals surface area (Å²) in [7, 11) is 0. The standard InChI is InChI=1S/C15H18ClN5O/c1-3-8-18-15(17-4-2)19-10-13-20-14(21-22-13)11-6-5-7-12(16)9-11/h3,5-7,9H,1,4,8,10H2,2H3,(H2,17,18,19). The molecule has 116 valence electrons. The van der Waals surface area contributed by atoms with Crippen LogP contribution in [0.15, 0.2) is 46.4 Å². The Hall–Kier alpha value is -2.34. The van der Waals surface area contributed by atoms with Crippen molar-refractivity contribution < 1.29 is 4.52 Å². The van der Waals surface area contributed by atoms with Gasteiger partial charge in [0.05, 0.1) is 0 Å². The Morgan fingerprint density at radius 3 is 3.05 bits per heavy atom. The number of aliphatic imine (C=N–C) groups is 1. The Labute approximate surface area is 134 Å². The van der Waals surface area contributed by atoms with Crippen LogP contribution >= 0.6 is 11.6 Å². The second-order valence-electron chi connectivity index (χ2n) is 4.39. The van der Waals surface area contributed by atoms with E-state index in [1.807, 2.05) is 19.1 Å². The van der Waals surface area contributed by atoms with E-state index in [4.69, 9.17) is 16.1 Å². The number of aromatic nitrogens is 2. The third-order valence-corrected chi connectivity index (χ3v) is 2.92. The molecule has 0 aliphatic carbocycles. The van der Waals surface area contributed by atoms with Crippen molar-refractivity contribution in [3.05, 3.63) is 47.8 Å². The molecule has 2 aromatic rings. The first-order valence-electron chi connectivity index (χ1n) is 6.94. The van der Waals surface area contributed by atoms with Crippen LogP contribution in [0.5, 0.6) is 0 Å². The maximum atomic E-state index is 5.95. The summed E-state index contributed by atoms with van der Waals surface area (Å²) in [6.45, 7) is 7.34. The van der Waals surface area contributed by atoms with Crippen molar-refractivity contribution in [1.82, 2.24) is 20.8 Å². The molecule has 2 N–H and O–H groups in total. The van der Waals surface area contributed by atoms with Crippen LogP contribution in [0, 0.1) is 0 Å². The van der Waals surface area contributed by atoms with Gasteiger partial charge < -0.3 is 15.2 Å². The quantitative estimate of drug-likeness (QED) is 0.486. The zero-order valence-electron chi connectivity index (χ0n) is 12.3. The van der Waals surface area contributed by atoms with E-state index in [1.54, 1.807) is 18.2 Å². The van der Waals surface area contributed by atoms with Crippen LogP contribution in [0.3, 0.4) is 0 Å². The van der Waals surface area contributed by atoms with E-state index in [0.717, 1.165) is 12.1 Å². The molecule has 0 aliphatic heterocycles. The summed E-state index contributed by atoms with van der Waals surface area (Å²) in [6, 6.07) is 7.30. The first-order valence-corrected chi connectivity index (χ1v) is 7.32. The fourth-order valence-electron chi connectivity index (χ4n) is 1.72. The Morgan fingerprint density at radius 2 is 2.32 bits per heavy atom. The van der Waals surface area contributed by atoms with E-state index in [-0.39, 0.29) is 0 Å². The largest absolute Gasteiger partial charge is 0.357 e. The molecule has 0 radical (unpaired) electrons. The van der Waals surface area contributed by atoms with E-state index in [2.05, 4.69) is 32.3 Å². The fraction of sp³-hybridized carbons (Fsp3) is 0.267. The summed E-state index contributed by atoms with van der Waals surface area (Å²) in [6.07, 6.45) is 1.76. The molecule has 2 rings (SSSR count). The molecule has 1 aromatic heterocycles. The highest BCUT2D eigenvalue weighted by Gasteiger charge is 2.08. The van der Waals surface area contributed by atoms with Crippen LogP contribution in [0.2, 0.25) is 5.02 Å². The SMILES string of the molecule is C=CCNC(=NCc1nc(-c2cccc(Cl)c2)no1)NCC. The van der Waals surface area contributed by atoms with Crippen molar-refractivity contribution in [3.8, 4) is 11.4 Å². The Kier molecular flexibility index (Phi) is 5.97. The summed E-state index contributed by atoms with van der Waals surface area (Å²) in [5, 5.41) is 10.8. The molecule has 0 amide bonds. The summed E-state index contributed by atoms with van der Waals surface area (Å²) in [4.78, 5) is 8.68. The molecule has 0 saturated heterocycles. The second kappa shape index (κ2) is 8.19. The van der Waals surface area contributed by atoms with Crippen molar-refractivity contribution >= 4 is 17.6 Å². The number of guanidine groups is 1. The first-order chi connectivity index (χ1) is 10.7. The average molecular weight is 320 g/mol. The smallest absolute Gasteiger partial charge is 0.248 e. The number of halogens is 1. The molecular weight excluding hydrogens is 302 g/mol. The van der Waals surface area contributed by atoms with Gasteiger partial charge in [-0.25, -0.2) is 4.99 Å². The van der Waals surface area contributed by atoms with Gasteiger partial charge >= 0.3 is 0 Å². The van der Waals surface area contributed by atoms with Gasteiger partial charge in [-0.1, -0.05) is 35.0 Å². The molecule has 22 heavy (non-hydrogen) atoms. The van der Waals surface area contributed by atoms with Crippen LogP contribution in [0.1, 0.15) is 12.8 Å². The Morgan fingerprint density at radius 1 is 1.45 bits per heavy atom. The normalized spacial score (nSPS) is 11.3. The van der Waals surface area contributed by atoms with Gasteiger partial charge in [0, 0.05) is 23.7 Å². The third kappa shape index (κ3) is 4.60. The highest BCUT2D eigenvalue weighted by molar-refractivity contribution is 6.30. The van der Waals surface area contributed by atoms with Gasteiger partial charge in [0.1, 0.15) is 6.54 Å². The minimum atomic E-state index is 0.292. The van der Waals surface area contributed by atoms with Gasteiger partial charge in [0.15, 0.2) is 5.96 Å². The van der Waals surface area contributed by atoms with Gasteiger partial charge in [-0.15, -0.1) is 6.58 Å². The summed E-state index contributed by atoms with van der Waals surface area (Å²) in [5.41, 5.74) is 0.808. The van der Waals surface area contributed by atoms with Crippen molar-refractivity contribution in [2.75, 3.05) is 13.1 Å². The molecule has 0 atom stereocenters. The monoisotopic (exact) mass is 319 g/mol. The molecule has 0 aliphatic rings. The van der Waals surface area contributed by atoms with Gasteiger partial charge in [-0.2, -0.15) is 4.98 Å². The Bertz CT molecular complexity index is 653. The van der Waals surface area contributed by atoms with Gasteiger partial charge in [-0.05, 0) is 19.1 Å². The highest BCUT2D eigenvalue weighted by atomic mass is 35.5. The first kappa shape index (κ1) is 16.0. The van der Waals surface area contributed by atoms with Crippen molar-refractivity contribution in [2.45, 2.75) is 13.5 Å². The van der Waals surface area contributed by atoms with Crippen LogP contribution in [0.25, 0.3) is 11.4 Å². The number of nitrogens with zero attached hydrogens (tertiary/aromatic N) is 3. The summed E-state index contributed by atoms with van der Waals surface area (Å²) < 4.78 is 5.20. The van der Waals surface area contributed by atoms with E-state index in [1.165, 1.54) is 0 Å². The van der Waals surface area contributed by atoms with E-state index >= 15 is 0 Å². The fourth-order valence-corrected chi connectivity index (χ4v) is 1.91. The number of rotatable bonds is 6. The third-order valence-electron chi connectivity index (χ3n) is 2.68. The lowest BCUT2D eigenvalue weighted by molar-refractivity contribution is 0.380. The zero-order chi connectivity index (χ0) is 15.8. The molecule has 0 bridgehead atoms. The Balaban J connectivity index is 2.06. The number of hydrogen-bond acceptors (Lipinski definition) is 4. The van der Waals surface area contributed by atoms with E-state index < -0.39 is 0 Å². The van der Waals surface area contributed by atoms with Gasteiger partial charge in [0.2, 0.25) is 11.7 Å². The van der Waals surface area contributed by atoms with Crippen LogP contribution in [0.4, 0.5) is 0 Å². The lowest BCUT2D eigenvalue weighted by Gasteiger charge is -2.08. The molecule has 7 heteroatoms. The topological polar surface area (TPSA) is 75.3 Å². The van der Waals surface area contributed by atoms with Crippen LogP contribution in [-0.4, -0.2) is 29.2 Å². The molecule has 6 nitrogen and oxygen atoms in total. The molecule has 0 fully saturated rings. The maximum Gasteiger partial charge on any atom is 0.248 e. The molecule has 1 heterocycles. The lowest BCUT2D eigenvalue weighted by Crippen LogP contribution is -2.37. The molecule has 0 saturated carbocycles. The summed E-state index contributed by atoms with van der Waals surface area (Å²) >= 11 is 5.95. The number of benzene rings is 1. The second-order valence-corrected chi connectivity index (χ2v) is 4.82. The van der Waals surface area contributed by atoms with Crippen molar-refractivity contribution in [3.63, 3.8) is 0 Å². The number of hydrogen-bond donors (Lipinski definition) is 2. The minimum absolute atomic E-state index is 0.292.